The quantitative estimate of drug-likeness (QED) is 0.876. The molecule has 3 atom stereocenters. The van der Waals surface area contributed by atoms with Crippen LogP contribution in [0.1, 0.15) is 24.1 Å². The smallest absolute Gasteiger partial charge is 0.140 e. The van der Waals surface area contributed by atoms with E-state index in [-0.39, 0.29) is 0 Å². The highest BCUT2D eigenvalue weighted by Gasteiger charge is 2.37. The molecule has 2 N–H and O–H groups in total. The van der Waals surface area contributed by atoms with Crippen LogP contribution in [0.2, 0.25) is 0 Å². The summed E-state index contributed by atoms with van der Waals surface area (Å²) >= 11 is 1.75. The second-order valence-corrected chi connectivity index (χ2v) is 7.51. The molecule has 1 saturated carbocycles. The highest BCUT2D eigenvalue weighted by molar-refractivity contribution is 7.18. The number of hydrogen-bond acceptors (Lipinski definition) is 5. The van der Waals surface area contributed by atoms with Gasteiger partial charge in [-0.1, -0.05) is 0 Å². The van der Waals surface area contributed by atoms with Gasteiger partial charge in [0.25, 0.3) is 0 Å². The van der Waals surface area contributed by atoms with Gasteiger partial charge in [-0.2, -0.15) is 0 Å². The predicted octanol–water partition coefficient (Wildman–Crippen LogP) is 2.56. The molecule has 1 unspecified atom stereocenters. The maximum Gasteiger partial charge on any atom is 0.140 e. The molecule has 20 heavy (non-hydrogen) atoms. The first-order chi connectivity index (χ1) is 9.70. The topological polar surface area (TPSA) is 55.0 Å². The number of aromatic nitrogens is 2. The van der Waals surface area contributed by atoms with E-state index in [4.69, 9.17) is 5.73 Å². The van der Waals surface area contributed by atoms with Crippen LogP contribution in [-0.4, -0.2) is 29.1 Å². The molecular weight excluding hydrogens is 268 g/mol. The first kappa shape index (κ1) is 12.5. The lowest BCUT2D eigenvalue weighted by Crippen LogP contribution is -2.32. The molecule has 3 heterocycles. The second-order valence-electron chi connectivity index (χ2n) is 6.27. The van der Waals surface area contributed by atoms with Gasteiger partial charge in [-0.3, -0.25) is 0 Å². The van der Waals surface area contributed by atoms with Gasteiger partial charge in [0.1, 0.15) is 17.0 Å². The van der Waals surface area contributed by atoms with E-state index in [1.54, 1.807) is 17.7 Å². The van der Waals surface area contributed by atoms with E-state index in [1.807, 2.05) is 0 Å². The minimum atomic E-state index is 0.407. The zero-order valence-electron chi connectivity index (χ0n) is 11.7. The second kappa shape index (κ2) is 4.67. The molecule has 4 nitrogen and oxygen atoms in total. The predicted molar refractivity (Wildman–Crippen MR) is 83.2 cm³/mol. The minimum Gasteiger partial charge on any atom is -0.355 e. The summed E-state index contributed by atoms with van der Waals surface area (Å²) in [6.07, 6.45) is 5.35. The van der Waals surface area contributed by atoms with Crippen molar-refractivity contribution in [2.45, 2.75) is 32.2 Å². The van der Waals surface area contributed by atoms with Crippen molar-refractivity contribution in [2.75, 3.05) is 18.0 Å². The van der Waals surface area contributed by atoms with Gasteiger partial charge in [0, 0.05) is 24.0 Å². The zero-order valence-corrected chi connectivity index (χ0v) is 12.6. The van der Waals surface area contributed by atoms with Gasteiger partial charge in [0.05, 0.1) is 5.39 Å². The first-order valence-corrected chi connectivity index (χ1v) is 8.24. The van der Waals surface area contributed by atoms with Crippen LogP contribution in [0, 0.1) is 18.8 Å². The first-order valence-electron chi connectivity index (χ1n) is 7.42. The Labute approximate surface area is 123 Å². The van der Waals surface area contributed by atoms with Crippen LogP contribution in [0.25, 0.3) is 10.2 Å². The third kappa shape index (κ3) is 2.00. The van der Waals surface area contributed by atoms with E-state index in [0.717, 1.165) is 35.6 Å². The fourth-order valence-electron chi connectivity index (χ4n) is 3.86. The molecule has 0 amide bonds. The molecule has 0 bridgehead atoms. The van der Waals surface area contributed by atoms with E-state index in [1.165, 1.54) is 29.5 Å². The Balaban J connectivity index is 1.67. The monoisotopic (exact) mass is 288 g/mol. The standard InChI is InChI=1S/C15H20N4S/c1-9-4-13-14(17-8-18-15(13)20-9)19-6-10-2-3-12(16)5-11(10)7-19/h4,8,10-12H,2-3,5-7,16H2,1H3/t10-,11+,12?/m1/s1. The van der Waals surface area contributed by atoms with E-state index >= 15 is 0 Å². The Hall–Kier alpha value is -1.20. The Kier molecular flexibility index (Phi) is 2.93. The molecule has 2 aliphatic rings. The number of nitrogens with two attached hydrogens (primary N) is 1. The number of anilines is 1. The molecule has 1 saturated heterocycles. The Morgan fingerprint density at radius 2 is 2.10 bits per heavy atom. The summed E-state index contributed by atoms with van der Waals surface area (Å²) in [6.45, 7) is 4.39. The fraction of sp³-hybridized carbons (Fsp3) is 0.600. The van der Waals surface area contributed by atoms with Crippen LogP contribution in [0.5, 0.6) is 0 Å². The Bertz CT molecular complexity index is 638. The maximum atomic E-state index is 6.13. The summed E-state index contributed by atoms with van der Waals surface area (Å²) in [5.74, 6) is 2.69. The number of nitrogens with zero attached hydrogens (tertiary/aromatic N) is 3. The van der Waals surface area contributed by atoms with Crippen molar-refractivity contribution in [1.29, 1.82) is 0 Å². The minimum absolute atomic E-state index is 0.407. The molecule has 2 aromatic rings. The number of aryl methyl sites for hydroxylation is 1. The molecule has 1 aliphatic heterocycles. The number of thiophene rings is 1. The van der Waals surface area contributed by atoms with Gasteiger partial charge in [0.15, 0.2) is 0 Å². The van der Waals surface area contributed by atoms with Crippen LogP contribution in [0.4, 0.5) is 5.82 Å². The average Bonchev–Trinajstić information content (AvgIpc) is 2.99. The third-order valence-electron chi connectivity index (χ3n) is 4.82. The number of rotatable bonds is 1. The third-order valence-corrected chi connectivity index (χ3v) is 5.78. The van der Waals surface area contributed by atoms with E-state index in [9.17, 15) is 0 Å². The van der Waals surface area contributed by atoms with Gasteiger partial charge >= 0.3 is 0 Å². The fourth-order valence-corrected chi connectivity index (χ4v) is 4.70. The van der Waals surface area contributed by atoms with E-state index < -0.39 is 0 Å². The average molecular weight is 288 g/mol. The van der Waals surface area contributed by atoms with Crippen LogP contribution >= 0.6 is 11.3 Å². The van der Waals surface area contributed by atoms with E-state index in [0.29, 0.717) is 6.04 Å². The molecule has 1 aliphatic carbocycles. The van der Waals surface area contributed by atoms with Gasteiger partial charge in [-0.05, 0) is 44.1 Å². The van der Waals surface area contributed by atoms with Crippen molar-refractivity contribution in [3.05, 3.63) is 17.3 Å². The summed E-state index contributed by atoms with van der Waals surface area (Å²) < 4.78 is 0. The van der Waals surface area contributed by atoms with Crippen LogP contribution < -0.4 is 10.6 Å². The van der Waals surface area contributed by atoms with Gasteiger partial charge in [-0.25, -0.2) is 9.97 Å². The molecule has 5 heteroatoms. The summed E-state index contributed by atoms with van der Waals surface area (Å²) in [7, 11) is 0. The lowest BCUT2D eigenvalue weighted by atomic mass is 9.79. The molecule has 4 rings (SSSR count). The largest absolute Gasteiger partial charge is 0.355 e. The van der Waals surface area contributed by atoms with Crippen molar-refractivity contribution in [2.24, 2.45) is 17.6 Å². The SMILES string of the molecule is Cc1cc2c(N3C[C@H]4CCC(N)C[C@H]4C3)ncnc2s1. The van der Waals surface area contributed by atoms with Gasteiger partial charge in [-0.15, -0.1) is 11.3 Å². The van der Waals surface area contributed by atoms with E-state index in [2.05, 4.69) is 27.9 Å². The number of fused-ring (bicyclic) bond motifs is 2. The van der Waals surface area contributed by atoms with Gasteiger partial charge in [0.2, 0.25) is 0 Å². The highest BCUT2D eigenvalue weighted by atomic mass is 32.1. The van der Waals surface area contributed by atoms with Crippen LogP contribution in [0.3, 0.4) is 0 Å². The number of hydrogen-bond donors (Lipinski definition) is 1. The Morgan fingerprint density at radius 1 is 1.25 bits per heavy atom. The zero-order chi connectivity index (χ0) is 13.7. The van der Waals surface area contributed by atoms with Crippen molar-refractivity contribution in [1.82, 2.24) is 9.97 Å². The van der Waals surface area contributed by atoms with Crippen molar-refractivity contribution in [3.63, 3.8) is 0 Å². The normalized spacial score (nSPS) is 29.9. The lowest BCUT2D eigenvalue weighted by Gasteiger charge is -2.27. The molecule has 0 radical (unpaired) electrons. The van der Waals surface area contributed by atoms with Crippen molar-refractivity contribution in [3.8, 4) is 0 Å². The van der Waals surface area contributed by atoms with Gasteiger partial charge < -0.3 is 10.6 Å². The summed E-state index contributed by atoms with van der Waals surface area (Å²) in [5, 5.41) is 1.22. The molecular formula is C15H20N4S. The van der Waals surface area contributed by atoms with Crippen LogP contribution in [-0.2, 0) is 0 Å². The lowest BCUT2D eigenvalue weighted by molar-refractivity contribution is 0.271. The molecule has 2 fully saturated rings. The molecule has 0 aromatic carbocycles. The molecule has 2 aromatic heterocycles. The summed E-state index contributed by atoms with van der Waals surface area (Å²) in [6, 6.07) is 2.63. The Morgan fingerprint density at radius 3 is 3.00 bits per heavy atom. The van der Waals surface area contributed by atoms with Crippen LogP contribution in [0.15, 0.2) is 12.4 Å². The molecule has 0 spiro atoms. The summed E-state index contributed by atoms with van der Waals surface area (Å²) in [4.78, 5) is 13.8. The van der Waals surface area contributed by atoms with Crippen molar-refractivity contribution >= 4 is 27.4 Å². The highest BCUT2D eigenvalue weighted by Crippen LogP contribution is 2.39. The molecule has 106 valence electrons. The van der Waals surface area contributed by atoms with Crippen molar-refractivity contribution < 1.29 is 0 Å². The summed E-state index contributed by atoms with van der Waals surface area (Å²) in [5.41, 5.74) is 6.13. The maximum absolute atomic E-state index is 6.13.